The molecular weight excluding hydrogens is 188 g/mol. The molecule has 1 N–H and O–H groups in total. The van der Waals surface area contributed by atoms with Crippen molar-refractivity contribution in [2.24, 2.45) is 0 Å². The lowest BCUT2D eigenvalue weighted by Crippen LogP contribution is -2.28. The third-order valence-corrected chi connectivity index (χ3v) is 1.89. The summed E-state index contributed by atoms with van der Waals surface area (Å²) in [5.41, 5.74) is 0. The summed E-state index contributed by atoms with van der Waals surface area (Å²) in [6.45, 7) is 2.09. The maximum atomic E-state index is 13.0. The second-order valence-corrected chi connectivity index (χ2v) is 3.05. The molecule has 0 bridgehead atoms. The Labute approximate surface area is 81.9 Å². The number of benzene rings is 1. The number of hydrogen-bond donors (Lipinski definition) is 1. The molecule has 1 aromatic rings. The Morgan fingerprint density at radius 1 is 1.36 bits per heavy atom. The van der Waals surface area contributed by atoms with Crippen LogP contribution in [0.25, 0.3) is 0 Å². The van der Waals surface area contributed by atoms with Crippen LogP contribution in [0.4, 0.5) is 8.78 Å². The van der Waals surface area contributed by atoms with Crippen LogP contribution in [0, 0.1) is 11.6 Å². The van der Waals surface area contributed by atoms with Crippen molar-refractivity contribution in [2.75, 3.05) is 13.7 Å². The largest absolute Gasteiger partial charge is 0.486 e. The molecule has 0 spiro atoms. The highest BCUT2D eigenvalue weighted by Crippen LogP contribution is 2.20. The highest BCUT2D eigenvalue weighted by molar-refractivity contribution is 5.25. The van der Waals surface area contributed by atoms with Gasteiger partial charge in [0.05, 0.1) is 0 Å². The normalized spacial score (nSPS) is 12.6. The van der Waals surface area contributed by atoms with Gasteiger partial charge in [-0.05, 0) is 26.1 Å². The first-order chi connectivity index (χ1) is 6.65. The van der Waals surface area contributed by atoms with Gasteiger partial charge in [0, 0.05) is 6.04 Å². The van der Waals surface area contributed by atoms with E-state index < -0.39 is 11.6 Å². The van der Waals surface area contributed by atoms with Crippen LogP contribution in [0.1, 0.15) is 6.92 Å². The van der Waals surface area contributed by atoms with Gasteiger partial charge in [-0.2, -0.15) is 0 Å². The highest BCUT2D eigenvalue weighted by atomic mass is 19.1. The van der Waals surface area contributed by atoms with Gasteiger partial charge in [-0.1, -0.05) is 6.07 Å². The summed E-state index contributed by atoms with van der Waals surface area (Å²) in [7, 11) is 1.76. The number of rotatable bonds is 4. The minimum absolute atomic E-state index is 0.0500. The van der Waals surface area contributed by atoms with Crippen molar-refractivity contribution in [3.05, 3.63) is 29.8 Å². The van der Waals surface area contributed by atoms with Gasteiger partial charge in [0.15, 0.2) is 17.4 Å². The van der Waals surface area contributed by atoms with Gasteiger partial charge in [0.25, 0.3) is 0 Å². The molecule has 14 heavy (non-hydrogen) atoms. The highest BCUT2D eigenvalue weighted by Gasteiger charge is 2.10. The molecule has 0 radical (unpaired) electrons. The van der Waals surface area contributed by atoms with E-state index in [0.717, 1.165) is 0 Å². The van der Waals surface area contributed by atoms with Crippen molar-refractivity contribution < 1.29 is 13.5 Å². The lowest BCUT2D eigenvalue weighted by Gasteiger charge is -2.12. The van der Waals surface area contributed by atoms with E-state index in [9.17, 15) is 8.78 Å². The van der Waals surface area contributed by atoms with Gasteiger partial charge in [-0.3, -0.25) is 0 Å². The maximum absolute atomic E-state index is 13.0. The Morgan fingerprint density at radius 3 is 2.43 bits per heavy atom. The van der Waals surface area contributed by atoms with E-state index in [-0.39, 0.29) is 18.4 Å². The SMILES string of the molecule is CNC(C)COc1c(F)cccc1F. The van der Waals surface area contributed by atoms with Crippen molar-refractivity contribution in [2.45, 2.75) is 13.0 Å². The van der Waals surface area contributed by atoms with Gasteiger partial charge in [-0.15, -0.1) is 0 Å². The molecule has 0 fully saturated rings. The fourth-order valence-electron chi connectivity index (χ4n) is 0.912. The summed E-state index contributed by atoms with van der Waals surface area (Å²) in [6.07, 6.45) is 0. The molecule has 0 aliphatic heterocycles. The first-order valence-corrected chi connectivity index (χ1v) is 4.39. The zero-order chi connectivity index (χ0) is 10.6. The molecule has 0 aliphatic carbocycles. The second kappa shape index (κ2) is 4.91. The Bertz CT molecular complexity index is 284. The Balaban J connectivity index is 2.66. The summed E-state index contributed by atoms with van der Waals surface area (Å²) in [5, 5.41) is 2.90. The Kier molecular flexibility index (Phi) is 3.83. The smallest absolute Gasteiger partial charge is 0.190 e. The first-order valence-electron chi connectivity index (χ1n) is 4.39. The quantitative estimate of drug-likeness (QED) is 0.804. The summed E-state index contributed by atoms with van der Waals surface area (Å²) in [5.74, 6) is -1.66. The van der Waals surface area contributed by atoms with Crippen LogP contribution in [0.5, 0.6) is 5.75 Å². The molecule has 0 heterocycles. The second-order valence-electron chi connectivity index (χ2n) is 3.05. The van der Waals surface area contributed by atoms with Crippen LogP contribution in [0.2, 0.25) is 0 Å². The zero-order valence-corrected chi connectivity index (χ0v) is 8.18. The molecule has 78 valence electrons. The van der Waals surface area contributed by atoms with Crippen LogP contribution in [-0.2, 0) is 0 Å². The number of hydrogen-bond acceptors (Lipinski definition) is 2. The van der Waals surface area contributed by atoms with Crippen molar-refractivity contribution >= 4 is 0 Å². The van der Waals surface area contributed by atoms with E-state index in [0.29, 0.717) is 0 Å². The fourth-order valence-corrected chi connectivity index (χ4v) is 0.912. The number of nitrogens with one attached hydrogen (secondary N) is 1. The van der Waals surface area contributed by atoms with Crippen LogP contribution in [0.15, 0.2) is 18.2 Å². The van der Waals surface area contributed by atoms with Crippen LogP contribution >= 0.6 is 0 Å². The van der Waals surface area contributed by atoms with E-state index in [1.807, 2.05) is 6.92 Å². The Hall–Kier alpha value is -1.16. The molecule has 1 rings (SSSR count). The zero-order valence-electron chi connectivity index (χ0n) is 8.18. The summed E-state index contributed by atoms with van der Waals surface area (Å²) in [4.78, 5) is 0. The van der Waals surface area contributed by atoms with Gasteiger partial charge in [-0.25, -0.2) is 8.78 Å². The molecule has 0 aliphatic rings. The number of likely N-dealkylation sites (N-methyl/N-ethyl adjacent to an activating group) is 1. The molecule has 1 atom stereocenters. The monoisotopic (exact) mass is 201 g/mol. The van der Waals surface area contributed by atoms with Crippen molar-refractivity contribution in [3.63, 3.8) is 0 Å². The molecule has 0 saturated heterocycles. The molecule has 2 nitrogen and oxygen atoms in total. The van der Waals surface area contributed by atoms with Gasteiger partial charge in [0.2, 0.25) is 0 Å². The van der Waals surface area contributed by atoms with Crippen molar-refractivity contribution in [1.29, 1.82) is 0 Å². The predicted molar refractivity (Wildman–Crippen MR) is 50.4 cm³/mol. The van der Waals surface area contributed by atoms with Crippen molar-refractivity contribution in [1.82, 2.24) is 5.32 Å². The molecule has 0 saturated carbocycles. The van der Waals surface area contributed by atoms with E-state index >= 15 is 0 Å². The van der Waals surface area contributed by atoms with Crippen LogP contribution in [-0.4, -0.2) is 19.7 Å². The van der Waals surface area contributed by atoms with E-state index in [4.69, 9.17) is 4.74 Å². The average molecular weight is 201 g/mol. The lowest BCUT2D eigenvalue weighted by atomic mass is 10.3. The maximum Gasteiger partial charge on any atom is 0.190 e. The van der Waals surface area contributed by atoms with Gasteiger partial charge in [0.1, 0.15) is 6.61 Å². The molecule has 1 unspecified atom stereocenters. The molecule has 4 heteroatoms. The van der Waals surface area contributed by atoms with Gasteiger partial charge >= 0.3 is 0 Å². The third-order valence-electron chi connectivity index (χ3n) is 1.89. The van der Waals surface area contributed by atoms with Crippen LogP contribution in [0.3, 0.4) is 0 Å². The molecule has 0 aromatic heterocycles. The molecule has 0 amide bonds. The average Bonchev–Trinajstić information content (AvgIpc) is 2.16. The third kappa shape index (κ3) is 2.67. The number of ether oxygens (including phenoxy) is 1. The summed E-state index contributed by atoms with van der Waals surface area (Å²) in [6, 6.07) is 3.69. The lowest BCUT2D eigenvalue weighted by molar-refractivity contribution is 0.255. The minimum Gasteiger partial charge on any atom is -0.486 e. The van der Waals surface area contributed by atoms with E-state index in [1.165, 1.54) is 18.2 Å². The van der Waals surface area contributed by atoms with E-state index in [2.05, 4.69) is 5.32 Å². The first kappa shape index (κ1) is 10.9. The van der Waals surface area contributed by atoms with Crippen molar-refractivity contribution in [3.8, 4) is 5.75 Å². The summed E-state index contributed by atoms with van der Waals surface area (Å²) < 4.78 is 31.0. The standard InChI is InChI=1S/C10H13F2NO/c1-7(13-2)6-14-10-8(11)4-3-5-9(10)12/h3-5,7,13H,6H2,1-2H3. The molecule has 1 aromatic carbocycles. The molecular formula is C10H13F2NO. The predicted octanol–water partition coefficient (Wildman–Crippen LogP) is 1.95. The van der Waals surface area contributed by atoms with Gasteiger partial charge < -0.3 is 10.1 Å². The summed E-state index contributed by atoms with van der Waals surface area (Å²) >= 11 is 0. The topological polar surface area (TPSA) is 21.3 Å². The fraction of sp³-hybridized carbons (Fsp3) is 0.400. The Morgan fingerprint density at radius 2 is 1.93 bits per heavy atom. The van der Waals surface area contributed by atoms with E-state index in [1.54, 1.807) is 7.05 Å². The minimum atomic E-state index is -0.673. The van der Waals surface area contributed by atoms with Crippen LogP contribution < -0.4 is 10.1 Å². The number of para-hydroxylation sites is 1. The number of halogens is 2.